The minimum absolute atomic E-state index is 0.0212. The molecule has 42 nitrogen and oxygen atoms in total. The lowest BCUT2D eigenvalue weighted by molar-refractivity contribution is -0.338. The molecule has 6 aliphatic heterocycles. The molecule has 12 unspecified atom stereocenters. The van der Waals surface area contributed by atoms with E-state index in [1.807, 2.05) is 13.8 Å². The first-order chi connectivity index (χ1) is 62.8. The number of ketones is 2. The molecule has 42 heteroatoms. The summed E-state index contributed by atoms with van der Waals surface area (Å²) in [5.74, 6) is -4.03. The van der Waals surface area contributed by atoms with E-state index < -0.39 is 221 Å². The minimum atomic E-state index is -1.71. The van der Waals surface area contributed by atoms with E-state index in [1.165, 1.54) is 35.6 Å². The fourth-order valence-electron chi connectivity index (χ4n) is 19.9. The molecule has 4 amide bonds. The number of aliphatic hydroxyl groups excluding tert-OH is 10. The molecule has 8 heterocycles. The molecule has 16 N–H and O–H groups in total. The predicted octanol–water partition coefficient (Wildman–Crippen LogP) is -1.64. The number of rotatable bonds is 49. The van der Waals surface area contributed by atoms with Crippen LogP contribution in [0.3, 0.4) is 0 Å². The van der Waals surface area contributed by atoms with E-state index in [2.05, 4.69) is 31.3 Å². The number of hydrogen-bond donors (Lipinski definition) is 14. The smallest absolute Gasteiger partial charge is 0.251 e. The quantitative estimate of drug-likeness (QED) is 0.0330. The Labute approximate surface area is 758 Å². The first-order valence-electron chi connectivity index (χ1n) is 47.7. The molecule has 0 radical (unpaired) electrons. The summed E-state index contributed by atoms with van der Waals surface area (Å²) >= 11 is 0. The maximum absolute atomic E-state index is 14.8. The van der Waals surface area contributed by atoms with Crippen molar-refractivity contribution in [1.29, 1.82) is 0 Å². The van der Waals surface area contributed by atoms with Gasteiger partial charge >= 0.3 is 0 Å². The third-order valence-electron chi connectivity index (χ3n) is 27.7. The molecule has 130 heavy (non-hydrogen) atoms. The Bertz CT molecular complexity index is 3540. The average molecular weight is 1850 g/mol. The Morgan fingerprint density at radius 1 is 0.462 bits per heavy atom. The number of amides is 4. The van der Waals surface area contributed by atoms with E-state index in [9.17, 15) is 79.8 Å². The summed E-state index contributed by atoms with van der Waals surface area (Å²) in [6, 6.07) is -2.87. The van der Waals surface area contributed by atoms with Crippen molar-refractivity contribution in [2.24, 2.45) is 47.0 Å². The van der Waals surface area contributed by atoms with Crippen molar-refractivity contribution in [1.82, 2.24) is 50.4 Å². The molecule has 4 aliphatic carbocycles. The van der Waals surface area contributed by atoms with Gasteiger partial charge in [-0.2, -0.15) is 0 Å². The summed E-state index contributed by atoms with van der Waals surface area (Å²) in [5, 5.41) is 136. The summed E-state index contributed by atoms with van der Waals surface area (Å²) in [7, 11) is 0. The molecule has 6 saturated heterocycles. The predicted molar refractivity (Wildman–Crippen MR) is 454 cm³/mol. The highest BCUT2D eigenvalue weighted by Gasteiger charge is 2.57. The summed E-state index contributed by atoms with van der Waals surface area (Å²) in [6.45, 7) is 8.16. The topological polar surface area (TPSA) is 578 Å². The van der Waals surface area contributed by atoms with Crippen LogP contribution in [0.5, 0.6) is 0 Å². The molecule has 30 atom stereocenters. The molecule has 10 fully saturated rings. The van der Waals surface area contributed by atoms with Gasteiger partial charge in [0.15, 0.2) is 25.2 Å². The number of hydrogen-bond acceptors (Lipinski definition) is 36. The molecule has 4 saturated carbocycles. The molecule has 10 aliphatic rings. The third kappa shape index (κ3) is 27.7. The SMILES string of the molecule is CCC1CC(C(=O)CCCOCCN)C[C@@H](O[C@@H]2O[C@@H](CO)[C@H](O)C(O[C@@H](CC3CCCCC3)C(=O)N3CCC3)C2NC(=O)Cn2cc(COCCOCc3cn(CC(=O)NC4C(O[C@@H](CC5CCCCC5)C(=O)N5CCC5)[C@@H](O)[C@H](CO)O[C@H]4O[C@@H]4CC(C(=O)CCCOCCN)CC(CC)[C@H]4O[C@@H]4OC(C)[C@@H](O)[C@H](O)C4O)nn3)nn2)[C@@H]1O[C@@H]1OC(C)[C@@H](O)[C@H](O)C1O. The van der Waals surface area contributed by atoms with Crippen LogP contribution in [0, 0.1) is 35.5 Å². The number of aliphatic hydroxyl groups is 10. The minimum Gasteiger partial charge on any atom is -0.394 e. The van der Waals surface area contributed by atoms with Crippen molar-refractivity contribution in [2.75, 3.05) is 92.1 Å². The number of carbonyl (C=O) groups is 6. The largest absolute Gasteiger partial charge is 0.394 e. The van der Waals surface area contributed by atoms with Crippen molar-refractivity contribution >= 4 is 35.2 Å². The van der Waals surface area contributed by atoms with Gasteiger partial charge in [-0.3, -0.25) is 28.8 Å². The van der Waals surface area contributed by atoms with Gasteiger partial charge < -0.3 is 149 Å². The van der Waals surface area contributed by atoms with Gasteiger partial charge in [-0.05, 0) is 102 Å². The van der Waals surface area contributed by atoms with Crippen LogP contribution in [0.2, 0.25) is 0 Å². The van der Waals surface area contributed by atoms with E-state index in [1.54, 1.807) is 9.80 Å². The first kappa shape index (κ1) is 103. The molecule has 12 rings (SSSR count). The molecule has 2 aromatic heterocycles. The van der Waals surface area contributed by atoms with E-state index >= 15 is 0 Å². The van der Waals surface area contributed by atoms with Crippen molar-refractivity contribution in [3.05, 3.63) is 23.8 Å². The second-order valence-electron chi connectivity index (χ2n) is 37.1. The van der Waals surface area contributed by atoms with E-state index in [0.717, 1.165) is 77.0 Å². The molecule has 738 valence electrons. The van der Waals surface area contributed by atoms with Gasteiger partial charge in [0.2, 0.25) is 11.8 Å². The lowest BCUT2D eigenvalue weighted by atomic mass is 9.74. The zero-order valence-electron chi connectivity index (χ0n) is 75.7. The monoisotopic (exact) mass is 1850 g/mol. The van der Waals surface area contributed by atoms with Crippen LogP contribution in [-0.2, 0) is 121 Å². The summed E-state index contributed by atoms with van der Waals surface area (Å²) in [4.78, 5) is 90.6. The van der Waals surface area contributed by atoms with E-state index in [4.69, 9.17) is 77.8 Å². The van der Waals surface area contributed by atoms with Gasteiger partial charge in [0.05, 0.1) is 102 Å². The third-order valence-corrected chi connectivity index (χ3v) is 27.7. The Hall–Kier alpha value is -5.54. The van der Waals surface area contributed by atoms with Crippen molar-refractivity contribution in [3.63, 3.8) is 0 Å². The Morgan fingerprint density at radius 2 is 0.854 bits per heavy atom. The van der Waals surface area contributed by atoms with Crippen LogP contribution in [0.15, 0.2) is 12.4 Å². The number of likely N-dealkylation sites (tertiary alicyclic amines) is 2. The van der Waals surface area contributed by atoms with Crippen LogP contribution in [-0.4, -0.2) is 377 Å². The van der Waals surface area contributed by atoms with Crippen LogP contribution in [0.25, 0.3) is 0 Å². The Balaban J connectivity index is 0.714. The average Bonchev–Trinajstić information content (AvgIpc) is 0.804. The number of aromatic nitrogens is 6. The number of ether oxygens (including phenoxy) is 14. The fourth-order valence-corrected chi connectivity index (χ4v) is 19.9. The second kappa shape index (κ2) is 51.0. The second-order valence-corrected chi connectivity index (χ2v) is 37.1. The van der Waals surface area contributed by atoms with Crippen LogP contribution >= 0.6 is 0 Å². The molecule has 2 aromatic rings. The highest BCUT2D eigenvalue weighted by Crippen LogP contribution is 2.44. The normalized spacial score (nSPS) is 35.2. The number of nitrogens with two attached hydrogens (primary N) is 2. The molecule has 0 aromatic carbocycles. The van der Waals surface area contributed by atoms with Gasteiger partial charge in [-0.1, -0.05) is 101 Å². The number of Topliss-reactive ketones (excluding diaryl/α,β-unsaturated/α-hetero) is 2. The van der Waals surface area contributed by atoms with Crippen molar-refractivity contribution in [2.45, 2.75) is 367 Å². The van der Waals surface area contributed by atoms with E-state index in [0.29, 0.717) is 128 Å². The fraction of sp³-hybridized carbons (Fsp3) is 0.886. The maximum Gasteiger partial charge on any atom is 0.251 e. The summed E-state index contributed by atoms with van der Waals surface area (Å²) < 4.78 is 91.6. The van der Waals surface area contributed by atoms with E-state index in [-0.39, 0.29) is 87.3 Å². The van der Waals surface area contributed by atoms with Gasteiger partial charge in [0.1, 0.15) is 134 Å². The highest BCUT2D eigenvalue weighted by molar-refractivity contribution is 5.83. The van der Waals surface area contributed by atoms with Gasteiger partial charge in [0.25, 0.3) is 11.8 Å². The van der Waals surface area contributed by atoms with Crippen molar-refractivity contribution < 1.29 is 146 Å². The number of nitrogens with one attached hydrogen (secondary N) is 2. The zero-order chi connectivity index (χ0) is 92.7. The molecule has 0 bridgehead atoms. The van der Waals surface area contributed by atoms with Gasteiger partial charge in [-0.15, -0.1) is 10.2 Å². The Kier molecular flexibility index (Phi) is 40.6. The van der Waals surface area contributed by atoms with Crippen LogP contribution in [0.1, 0.15) is 193 Å². The number of nitrogens with zero attached hydrogens (tertiary/aromatic N) is 8. The highest BCUT2D eigenvalue weighted by atomic mass is 16.7. The molecule has 0 spiro atoms. The van der Waals surface area contributed by atoms with Crippen LogP contribution in [0.4, 0.5) is 0 Å². The zero-order valence-corrected chi connectivity index (χ0v) is 75.7. The first-order valence-corrected chi connectivity index (χ1v) is 47.7. The lowest BCUT2D eigenvalue weighted by Crippen LogP contribution is -2.68. The van der Waals surface area contributed by atoms with Gasteiger partial charge in [-0.25, -0.2) is 9.36 Å². The lowest BCUT2D eigenvalue weighted by Gasteiger charge is -2.49. The van der Waals surface area contributed by atoms with Crippen molar-refractivity contribution in [3.8, 4) is 0 Å². The molecular weight excluding hydrogens is 1710 g/mol. The maximum atomic E-state index is 14.8. The van der Waals surface area contributed by atoms with Crippen LogP contribution < -0.4 is 22.1 Å². The standard InChI is InChI=1S/C88H146N12O30/c1-5-53-37-55(59(103)21-13-29-117-31-23-89)39-61(79(53)129-87-77(113)75(111)71(107)49(3)121-87)125-85-69(81(73(109)65(45-101)127-85)123-63(83(115)97-25-15-26-97)35-51-17-9-7-10-18-51)91-67(105)43-99-41-57(93-95-99)47-119-33-34-120-48-58-42-100(96-94-58)44-68(106)92-70-82(124-64(84(116)98-27-16-28-98)36-52-19-11-8-12-20-52)74(110)66(46-102)128-86(70)126-62-40-56(60(104)22-14-30-118-32-24-90)38-54(6-2)80(62)130-88-78(114)76(112)72(108)50(4)122-88/h41-42,49-56,61-66,69-82,85-88,101-102,107-114H,5-40,43-48,89-90H2,1-4H3,(H,91,105)(H,92,106)/t49?,50?,53?,54?,55?,56?,61-,62-,63+,64+,65+,66+,69?,70?,71-,72-,73+,74+,75+,76+,77?,78?,79-,80-,81?,82?,85-,86-,87+,88+/m1/s1. The van der Waals surface area contributed by atoms with Gasteiger partial charge in [0, 0.05) is 77.2 Å². The summed E-state index contributed by atoms with van der Waals surface area (Å²) in [6.07, 6.45) is -15.8. The number of carbonyl (C=O) groups excluding carboxylic acids is 6. The summed E-state index contributed by atoms with van der Waals surface area (Å²) in [5.41, 5.74) is 11.9. The Morgan fingerprint density at radius 3 is 1.21 bits per heavy atom. The molecular formula is C88H146N12O30.